The van der Waals surface area contributed by atoms with Gasteiger partial charge in [0.15, 0.2) is 5.11 Å². The Balaban J connectivity index is 1.58. The summed E-state index contributed by atoms with van der Waals surface area (Å²) in [5.74, 6) is 0. The molecule has 4 rings (SSSR count). The lowest BCUT2D eigenvalue weighted by atomic mass is 9.94. The standard InChI is InChI=1S/C24H33N3O2S/c1-16-11-17(2)22-18(12-16)13-19(23(28)26-22)15-27(20-7-4-3-5-8-20)24(30)25-14-21-9-6-10-29-21/h11-13,20-21H,3-10,14-15H2,1-2H3,(H,25,30)(H,26,28)/t21-/m0/s1. The Hall–Kier alpha value is -1.92. The Morgan fingerprint density at radius 1 is 1.17 bits per heavy atom. The molecule has 1 atom stereocenters. The van der Waals surface area contributed by atoms with Crippen molar-refractivity contribution >= 4 is 28.2 Å². The molecular weight excluding hydrogens is 394 g/mol. The molecule has 2 heterocycles. The van der Waals surface area contributed by atoms with Gasteiger partial charge in [-0.05, 0) is 74.8 Å². The molecular formula is C24H33N3O2S. The molecule has 1 aromatic carbocycles. The van der Waals surface area contributed by atoms with Crippen molar-refractivity contribution in [2.45, 2.75) is 77.5 Å². The predicted octanol–water partition coefficient (Wildman–Crippen LogP) is 4.33. The zero-order chi connectivity index (χ0) is 21.1. The van der Waals surface area contributed by atoms with Crippen LogP contribution in [0.1, 0.15) is 61.6 Å². The van der Waals surface area contributed by atoms with Crippen LogP contribution in [-0.4, -0.2) is 40.3 Å². The molecule has 2 N–H and O–H groups in total. The second-order valence-electron chi connectivity index (χ2n) is 8.91. The molecule has 0 radical (unpaired) electrons. The lowest BCUT2D eigenvalue weighted by Gasteiger charge is -2.36. The van der Waals surface area contributed by atoms with Gasteiger partial charge in [-0.1, -0.05) is 30.9 Å². The summed E-state index contributed by atoms with van der Waals surface area (Å²) in [6, 6.07) is 6.68. The lowest BCUT2D eigenvalue weighted by molar-refractivity contribution is 0.112. The molecule has 1 saturated carbocycles. The van der Waals surface area contributed by atoms with Gasteiger partial charge in [0.05, 0.1) is 18.2 Å². The van der Waals surface area contributed by atoms with Crippen molar-refractivity contribution in [1.29, 1.82) is 0 Å². The van der Waals surface area contributed by atoms with Crippen molar-refractivity contribution in [2.75, 3.05) is 13.2 Å². The van der Waals surface area contributed by atoms with Gasteiger partial charge in [-0.2, -0.15) is 0 Å². The minimum Gasteiger partial charge on any atom is -0.376 e. The van der Waals surface area contributed by atoms with E-state index >= 15 is 0 Å². The third-order valence-corrected chi connectivity index (χ3v) is 6.87. The van der Waals surface area contributed by atoms with E-state index in [1.165, 1.54) is 24.8 Å². The summed E-state index contributed by atoms with van der Waals surface area (Å²) in [7, 11) is 0. The maximum atomic E-state index is 12.9. The van der Waals surface area contributed by atoms with Crippen LogP contribution in [0.25, 0.3) is 10.9 Å². The second-order valence-corrected chi connectivity index (χ2v) is 9.30. The van der Waals surface area contributed by atoms with E-state index in [-0.39, 0.29) is 11.7 Å². The van der Waals surface area contributed by atoms with Crippen LogP contribution in [-0.2, 0) is 11.3 Å². The number of aromatic nitrogens is 1. The number of hydrogen-bond donors (Lipinski definition) is 2. The van der Waals surface area contributed by atoms with Crippen LogP contribution in [0.5, 0.6) is 0 Å². The van der Waals surface area contributed by atoms with E-state index in [0.717, 1.165) is 66.0 Å². The maximum Gasteiger partial charge on any atom is 0.253 e. The third-order valence-electron chi connectivity index (χ3n) is 6.49. The normalized spacial score (nSPS) is 19.9. The zero-order valence-corrected chi connectivity index (χ0v) is 18.9. The maximum absolute atomic E-state index is 12.9. The fourth-order valence-electron chi connectivity index (χ4n) is 4.90. The van der Waals surface area contributed by atoms with Crippen LogP contribution >= 0.6 is 12.2 Å². The van der Waals surface area contributed by atoms with Crippen molar-refractivity contribution in [3.05, 3.63) is 45.2 Å². The van der Waals surface area contributed by atoms with Gasteiger partial charge >= 0.3 is 0 Å². The Morgan fingerprint density at radius 2 is 1.97 bits per heavy atom. The molecule has 1 aromatic heterocycles. The number of aryl methyl sites for hydroxylation is 2. The van der Waals surface area contributed by atoms with Gasteiger partial charge in [0.1, 0.15) is 0 Å². The third kappa shape index (κ3) is 4.86. The molecule has 0 amide bonds. The van der Waals surface area contributed by atoms with Crippen LogP contribution in [0, 0.1) is 13.8 Å². The highest BCUT2D eigenvalue weighted by Crippen LogP contribution is 2.25. The second kappa shape index (κ2) is 9.48. The number of fused-ring (bicyclic) bond motifs is 1. The molecule has 5 nitrogen and oxygen atoms in total. The minimum absolute atomic E-state index is 0.0165. The average molecular weight is 428 g/mol. The molecule has 162 valence electrons. The fourth-order valence-corrected chi connectivity index (χ4v) is 5.20. The van der Waals surface area contributed by atoms with Gasteiger partial charge in [0, 0.05) is 24.8 Å². The molecule has 2 aliphatic rings. The highest BCUT2D eigenvalue weighted by atomic mass is 32.1. The van der Waals surface area contributed by atoms with Gasteiger partial charge < -0.3 is 19.9 Å². The van der Waals surface area contributed by atoms with Crippen molar-refractivity contribution in [1.82, 2.24) is 15.2 Å². The summed E-state index contributed by atoms with van der Waals surface area (Å²) >= 11 is 5.82. The average Bonchev–Trinajstić information content (AvgIpc) is 3.25. The number of thiocarbonyl (C=S) groups is 1. The van der Waals surface area contributed by atoms with Gasteiger partial charge in [0.2, 0.25) is 0 Å². The van der Waals surface area contributed by atoms with Gasteiger partial charge in [0.25, 0.3) is 5.56 Å². The molecule has 0 spiro atoms. The molecule has 0 unspecified atom stereocenters. The summed E-state index contributed by atoms with van der Waals surface area (Å²) in [6.07, 6.45) is 8.45. The van der Waals surface area contributed by atoms with Gasteiger partial charge in [-0.3, -0.25) is 4.79 Å². The SMILES string of the molecule is Cc1cc(C)c2[nH]c(=O)c(CN(C(=S)NC[C@@H]3CCCO3)C3CCCCC3)cc2c1. The summed E-state index contributed by atoms with van der Waals surface area (Å²) in [5.41, 5.74) is 4.00. The van der Waals surface area contributed by atoms with E-state index in [4.69, 9.17) is 17.0 Å². The van der Waals surface area contributed by atoms with E-state index in [2.05, 4.69) is 34.3 Å². The quantitative estimate of drug-likeness (QED) is 0.696. The van der Waals surface area contributed by atoms with Crippen LogP contribution in [0.4, 0.5) is 0 Å². The highest BCUT2D eigenvalue weighted by Gasteiger charge is 2.25. The number of nitrogens with one attached hydrogen (secondary N) is 2. The first-order chi connectivity index (χ1) is 14.5. The first-order valence-corrected chi connectivity index (χ1v) is 11.7. The number of nitrogens with zero attached hydrogens (tertiary/aromatic N) is 1. The van der Waals surface area contributed by atoms with E-state index in [9.17, 15) is 4.79 Å². The van der Waals surface area contributed by atoms with Crippen LogP contribution in [0.15, 0.2) is 23.0 Å². The van der Waals surface area contributed by atoms with Crippen molar-refractivity contribution in [3.8, 4) is 0 Å². The first kappa shape index (κ1) is 21.3. The Labute approximate surface area is 184 Å². The summed E-state index contributed by atoms with van der Waals surface area (Å²) in [6.45, 7) is 6.27. The lowest BCUT2D eigenvalue weighted by Crippen LogP contribution is -2.48. The minimum atomic E-state index is -0.0165. The molecule has 6 heteroatoms. The number of rotatable bonds is 5. The number of aromatic amines is 1. The zero-order valence-electron chi connectivity index (χ0n) is 18.1. The van der Waals surface area contributed by atoms with Crippen molar-refractivity contribution < 1.29 is 4.74 Å². The largest absolute Gasteiger partial charge is 0.376 e. The molecule has 2 aromatic rings. The van der Waals surface area contributed by atoms with Crippen LogP contribution in [0.2, 0.25) is 0 Å². The topological polar surface area (TPSA) is 57.4 Å². The number of H-pyrrole nitrogens is 1. The molecule has 1 aliphatic carbocycles. The summed E-state index contributed by atoms with van der Waals surface area (Å²) < 4.78 is 5.74. The summed E-state index contributed by atoms with van der Waals surface area (Å²) in [4.78, 5) is 18.3. The van der Waals surface area contributed by atoms with Crippen LogP contribution < -0.4 is 10.9 Å². The first-order valence-electron chi connectivity index (χ1n) is 11.3. The Morgan fingerprint density at radius 3 is 2.70 bits per heavy atom. The molecule has 0 bridgehead atoms. The fraction of sp³-hybridized carbons (Fsp3) is 0.583. The monoisotopic (exact) mass is 427 g/mol. The van der Waals surface area contributed by atoms with E-state index in [0.29, 0.717) is 12.6 Å². The van der Waals surface area contributed by atoms with E-state index < -0.39 is 0 Å². The van der Waals surface area contributed by atoms with Gasteiger partial charge in [-0.25, -0.2) is 0 Å². The summed E-state index contributed by atoms with van der Waals surface area (Å²) in [5, 5.41) is 5.27. The van der Waals surface area contributed by atoms with E-state index in [1.54, 1.807) is 0 Å². The van der Waals surface area contributed by atoms with Crippen molar-refractivity contribution in [3.63, 3.8) is 0 Å². The van der Waals surface area contributed by atoms with E-state index in [1.807, 2.05) is 13.0 Å². The molecule has 30 heavy (non-hydrogen) atoms. The number of pyridine rings is 1. The number of benzene rings is 1. The molecule has 2 fully saturated rings. The number of ether oxygens (including phenoxy) is 1. The van der Waals surface area contributed by atoms with Crippen molar-refractivity contribution in [2.24, 2.45) is 0 Å². The Bertz CT molecular complexity index is 959. The smallest absolute Gasteiger partial charge is 0.253 e. The van der Waals surface area contributed by atoms with Gasteiger partial charge in [-0.15, -0.1) is 0 Å². The molecule has 1 aliphatic heterocycles. The highest BCUT2D eigenvalue weighted by molar-refractivity contribution is 7.80. The molecule has 1 saturated heterocycles. The predicted molar refractivity (Wildman–Crippen MR) is 126 cm³/mol. The number of hydrogen-bond acceptors (Lipinski definition) is 3. The van der Waals surface area contributed by atoms with Crippen LogP contribution in [0.3, 0.4) is 0 Å². The Kier molecular flexibility index (Phi) is 6.74.